The smallest absolute Gasteiger partial charge is 0.165 e. The number of ether oxygens (including phenoxy) is 3. The van der Waals surface area contributed by atoms with E-state index in [0.717, 1.165) is 69.4 Å². The monoisotopic (exact) mass is 364 g/mol. The van der Waals surface area contributed by atoms with Crippen molar-refractivity contribution in [1.82, 2.24) is 10.2 Å². The van der Waals surface area contributed by atoms with E-state index in [4.69, 9.17) is 14.2 Å². The van der Waals surface area contributed by atoms with E-state index >= 15 is 0 Å². The summed E-state index contributed by atoms with van der Waals surface area (Å²) in [6.45, 7) is 6.78. The van der Waals surface area contributed by atoms with Crippen LogP contribution in [-0.4, -0.2) is 58.5 Å². The van der Waals surface area contributed by atoms with E-state index in [2.05, 4.69) is 16.3 Å². The van der Waals surface area contributed by atoms with E-state index in [-0.39, 0.29) is 24.8 Å². The minimum absolute atomic E-state index is 0. The zero-order valence-electron chi connectivity index (χ0n) is 13.8. The first kappa shape index (κ1) is 22.3. The second-order valence-corrected chi connectivity index (χ2v) is 5.14. The molecule has 0 spiro atoms. The first-order chi connectivity index (χ1) is 10.3. The van der Waals surface area contributed by atoms with Gasteiger partial charge in [-0.3, -0.25) is 4.90 Å². The molecule has 23 heavy (non-hydrogen) atoms. The van der Waals surface area contributed by atoms with Gasteiger partial charge >= 0.3 is 0 Å². The predicted octanol–water partition coefficient (Wildman–Crippen LogP) is -4.48. The van der Waals surface area contributed by atoms with Gasteiger partial charge in [0.1, 0.15) is 0 Å². The predicted molar refractivity (Wildman–Crippen MR) is 83.1 cm³/mol. The van der Waals surface area contributed by atoms with E-state index < -0.39 is 0 Å². The Balaban J connectivity index is 0.00000242. The molecule has 1 saturated heterocycles. The molecule has 134 valence electrons. The van der Waals surface area contributed by atoms with E-state index in [1.807, 2.05) is 12.1 Å². The summed E-state index contributed by atoms with van der Waals surface area (Å²) in [5.74, 6) is 1.60. The Morgan fingerprint density at radius 3 is 2.52 bits per heavy atom. The number of hydrogen-bond donors (Lipinski definition) is 1. The van der Waals surface area contributed by atoms with Gasteiger partial charge in [-0.05, 0) is 25.6 Å². The molecule has 0 aliphatic carbocycles. The van der Waals surface area contributed by atoms with Gasteiger partial charge in [-0.1, -0.05) is 12.1 Å². The standard InChI is InChI=1S/C16H26N2O3.2ClH/c1-19-15-6-3-5-14(16(15)20-2)13-17-7-4-8-18-9-11-21-12-10-18;;/h3,5-6,17H,4,7-13H2,1-2H3;2*1H/p-2. The van der Waals surface area contributed by atoms with Gasteiger partial charge in [0.2, 0.25) is 0 Å². The van der Waals surface area contributed by atoms with Crippen LogP contribution in [-0.2, 0) is 11.3 Å². The summed E-state index contributed by atoms with van der Waals surface area (Å²) >= 11 is 0. The van der Waals surface area contributed by atoms with Crippen LogP contribution < -0.4 is 39.6 Å². The van der Waals surface area contributed by atoms with Gasteiger partial charge in [0.05, 0.1) is 27.4 Å². The molecule has 0 radical (unpaired) electrons. The number of nitrogens with zero attached hydrogens (tertiary/aromatic N) is 1. The van der Waals surface area contributed by atoms with Crippen molar-refractivity contribution in [2.24, 2.45) is 0 Å². The van der Waals surface area contributed by atoms with Crippen LogP contribution in [0.1, 0.15) is 12.0 Å². The van der Waals surface area contributed by atoms with Gasteiger partial charge in [-0.15, -0.1) is 0 Å². The molecule has 7 heteroatoms. The highest BCUT2D eigenvalue weighted by atomic mass is 35.5. The number of morpholine rings is 1. The van der Waals surface area contributed by atoms with Gasteiger partial charge in [0.25, 0.3) is 0 Å². The van der Waals surface area contributed by atoms with E-state index in [9.17, 15) is 0 Å². The van der Waals surface area contributed by atoms with Crippen LogP contribution in [0.15, 0.2) is 18.2 Å². The molecule has 0 saturated carbocycles. The molecule has 1 aliphatic rings. The maximum atomic E-state index is 5.43. The van der Waals surface area contributed by atoms with Crippen LogP contribution in [0.4, 0.5) is 0 Å². The number of methoxy groups -OCH3 is 2. The van der Waals surface area contributed by atoms with E-state index in [1.54, 1.807) is 14.2 Å². The van der Waals surface area contributed by atoms with Crippen LogP contribution in [0.25, 0.3) is 0 Å². The lowest BCUT2D eigenvalue weighted by molar-refractivity contribution is -0.001000. The minimum Gasteiger partial charge on any atom is -1.00 e. The second-order valence-electron chi connectivity index (χ2n) is 5.14. The number of nitrogens with one attached hydrogen (secondary N) is 1. The summed E-state index contributed by atoms with van der Waals surface area (Å²) in [7, 11) is 3.34. The van der Waals surface area contributed by atoms with Crippen LogP contribution in [0, 0.1) is 0 Å². The van der Waals surface area contributed by atoms with Crippen molar-refractivity contribution < 1.29 is 39.0 Å². The molecule has 1 N–H and O–H groups in total. The number of rotatable bonds is 8. The quantitative estimate of drug-likeness (QED) is 0.471. The molecule has 1 aromatic carbocycles. The van der Waals surface area contributed by atoms with Crippen LogP contribution in [0.2, 0.25) is 0 Å². The zero-order valence-corrected chi connectivity index (χ0v) is 15.3. The summed E-state index contributed by atoms with van der Waals surface area (Å²) in [6.07, 6.45) is 1.15. The summed E-state index contributed by atoms with van der Waals surface area (Å²) in [5, 5.41) is 3.47. The third kappa shape index (κ3) is 7.14. The lowest BCUT2D eigenvalue weighted by Gasteiger charge is -2.26. The highest BCUT2D eigenvalue weighted by molar-refractivity contribution is 5.46. The Hall–Kier alpha value is -0.720. The first-order valence-corrected chi connectivity index (χ1v) is 7.56. The topological polar surface area (TPSA) is 43.0 Å². The third-order valence-electron chi connectivity index (χ3n) is 3.73. The maximum absolute atomic E-state index is 5.43. The number of halogens is 2. The van der Waals surface area contributed by atoms with Gasteiger partial charge in [-0.2, -0.15) is 0 Å². The fourth-order valence-electron chi connectivity index (χ4n) is 2.57. The third-order valence-corrected chi connectivity index (χ3v) is 3.73. The van der Waals surface area contributed by atoms with E-state index in [0.29, 0.717) is 0 Å². The molecule has 0 aromatic heterocycles. The number of benzene rings is 1. The lowest BCUT2D eigenvalue weighted by Crippen LogP contribution is -3.00. The van der Waals surface area contributed by atoms with Crippen molar-refractivity contribution in [3.05, 3.63) is 23.8 Å². The molecular weight excluding hydrogens is 339 g/mol. The van der Waals surface area contributed by atoms with Crippen molar-refractivity contribution in [1.29, 1.82) is 0 Å². The van der Waals surface area contributed by atoms with Crippen molar-refractivity contribution in [2.75, 3.05) is 53.6 Å². The average molecular weight is 365 g/mol. The molecule has 0 atom stereocenters. The van der Waals surface area contributed by atoms with Crippen molar-refractivity contribution >= 4 is 0 Å². The largest absolute Gasteiger partial charge is 1.00 e. The van der Waals surface area contributed by atoms with Gasteiger partial charge < -0.3 is 44.3 Å². The van der Waals surface area contributed by atoms with Gasteiger partial charge in [-0.25, -0.2) is 0 Å². The molecule has 0 amide bonds. The van der Waals surface area contributed by atoms with Gasteiger partial charge in [0, 0.05) is 25.2 Å². The van der Waals surface area contributed by atoms with Gasteiger partial charge in [0.15, 0.2) is 11.5 Å². The zero-order chi connectivity index (χ0) is 14.9. The summed E-state index contributed by atoms with van der Waals surface area (Å²) in [5.41, 5.74) is 1.13. The van der Waals surface area contributed by atoms with Crippen LogP contribution in [0.3, 0.4) is 0 Å². The summed E-state index contributed by atoms with van der Waals surface area (Å²) < 4.78 is 16.1. The molecule has 1 aromatic rings. The Labute approximate surface area is 151 Å². The maximum Gasteiger partial charge on any atom is 0.165 e. The van der Waals surface area contributed by atoms with Crippen molar-refractivity contribution in [3.63, 3.8) is 0 Å². The van der Waals surface area contributed by atoms with Crippen LogP contribution >= 0.6 is 0 Å². The first-order valence-electron chi connectivity index (χ1n) is 7.56. The molecule has 0 unspecified atom stereocenters. The Morgan fingerprint density at radius 1 is 1.13 bits per heavy atom. The normalized spacial score (nSPS) is 14.5. The summed E-state index contributed by atoms with van der Waals surface area (Å²) in [6, 6.07) is 5.98. The molecule has 1 aliphatic heterocycles. The average Bonchev–Trinajstić information content (AvgIpc) is 2.55. The second kappa shape index (κ2) is 12.7. The molecule has 5 nitrogen and oxygen atoms in total. The minimum atomic E-state index is 0. The van der Waals surface area contributed by atoms with Crippen molar-refractivity contribution in [2.45, 2.75) is 13.0 Å². The molecule has 1 fully saturated rings. The Kier molecular flexibility index (Phi) is 12.3. The Morgan fingerprint density at radius 2 is 1.87 bits per heavy atom. The Bertz CT molecular complexity index is 430. The lowest BCUT2D eigenvalue weighted by atomic mass is 10.2. The molecule has 1 heterocycles. The molecule has 0 bridgehead atoms. The number of hydrogen-bond acceptors (Lipinski definition) is 5. The molecular formula is C16H26Cl2N2O3-2. The van der Waals surface area contributed by atoms with Crippen LogP contribution in [0.5, 0.6) is 11.5 Å². The number of para-hydroxylation sites is 1. The molecule has 2 rings (SSSR count). The SMILES string of the molecule is COc1cccc(CNCCCN2CCOCC2)c1OC.[Cl-].[Cl-]. The highest BCUT2D eigenvalue weighted by Crippen LogP contribution is 2.30. The fourth-order valence-corrected chi connectivity index (χ4v) is 2.57. The highest BCUT2D eigenvalue weighted by Gasteiger charge is 2.10. The summed E-state index contributed by atoms with van der Waals surface area (Å²) in [4.78, 5) is 2.46. The van der Waals surface area contributed by atoms with Crippen molar-refractivity contribution in [3.8, 4) is 11.5 Å². The fraction of sp³-hybridized carbons (Fsp3) is 0.625. The van der Waals surface area contributed by atoms with E-state index in [1.165, 1.54) is 0 Å².